The first-order valence-electron chi connectivity index (χ1n) is 11.3. The largest absolute Gasteiger partial charge is 0.387 e. The third-order valence-electron chi connectivity index (χ3n) is 4.54. The first kappa shape index (κ1) is 31.7. The number of hydrogen-bond donors (Lipinski definition) is 6. The van der Waals surface area contributed by atoms with E-state index >= 15 is 0 Å². The minimum absolute atomic E-state index is 0.0718. The third kappa shape index (κ3) is 12.1. The highest BCUT2D eigenvalue weighted by Gasteiger charge is 2.05. The second kappa shape index (κ2) is 15.7. The van der Waals surface area contributed by atoms with Crippen LogP contribution < -0.4 is 26.6 Å². The summed E-state index contributed by atoms with van der Waals surface area (Å²) in [7, 11) is 0. The molecular formula is C26H35FN6O4S. The topological polar surface area (TPSA) is 140 Å². The Kier molecular flexibility index (Phi) is 13.1. The summed E-state index contributed by atoms with van der Waals surface area (Å²) in [6.07, 6.45) is 7.19. The summed E-state index contributed by atoms with van der Waals surface area (Å²) >= 11 is 1.62. The minimum Gasteiger partial charge on any atom is -0.387 e. The summed E-state index contributed by atoms with van der Waals surface area (Å²) < 4.78 is 20.3. The molecule has 0 amide bonds. The van der Waals surface area contributed by atoms with E-state index < -0.39 is 0 Å². The van der Waals surface area contributed by atoms with Crippen LogP contribution in [0.1, 0.15) is 37.8 Å². The van der Waals surface area contributed by atoms with Crippen molar-refractivity contribution in [3.8, 4) is 0 Å². The molecule has 5 heterocycles. The summed E-state index contributed by atoms with van der Waals surface area (Å²) in [5.74, 6) is 1.28. The van der Waals surface area contributed by atoms with Gasteiger partial charge in [-0.25, -0.2) is 9.87 Å². The lowest BCUT2D eigenvalue weighted by molar-refractivity contribution is 0.157. The molecule has 0 aromatic carbocycles. The molecule has 0 saturated heterocycles. The number of H-pyrrole nitrogens is 3. The van der Waals surface area contributed by atoms with Crippen LogP contribution in [0.15, 0.2) is 103 Å². The molecule has 3 aliphatic rings. The van der Waals surface area contributed by atoms with Crippen molar-refractivity contribution in [3.63, 3.8) is 0 Å². The SMILES string of the molecule is C=C1C=C(C)ON1.C=C1C=C(C)SN1.C=C1NC=CC(C)=C1F.Cc1cc(=O)[nH][nH]1.Cc1o[nH]c(=O)c1C. The first-order chi connectivity index (χ1) is 17.8. The predicted molar refractivity (Wildman–Crippen MR) is 151 cm³/mol. The standard InChI is InChI=1S/C7H8FN.C5H7NO2.C5H7NO.C5H7NS.C4H6N2O/c1-5-3-4-9-6(2)7(5)8;1-3-4(2)8-6-5(3)7;2*1-4-3-5(2)7-6-4;1-3-2-4(7)6-5-3/h3-4,9H,2H2,1H3;1-2H3,(H,6,7);2*3,6H,1H2,2H3;2H,1H3,(H2,5,6,7). The van der Waals surface area contributed by atoms with E-state index in [1.54, 1.807) is 45.0 Å². The molecule has 10 nitrogen and oxygen atoms in total. The molecule has 0 aliphatic carbocycles. The van der Waals surface area contributed by atoms with Crippen molar-refractivity contribution < 1.29 is 13.8 Å². The van der Waals surface area contributed by atoms with Gasteiger partial charge in [0.05, 0.1) is 17.0 Å². The maximum Gasteiger partial charge on any atom is 0.283 e. The van der Waals surface area contributed by atoms with Gasteiger partial charge in [0.1, 0.15) is 17.3 Å². The van der Waals surface area contributed by atoms with Gasteiger partial charge in [0.2, 0.25) is 0 Å². The van der Waals surface area contributed by atoms with Crippen molar-refractivity contribution in [1.29, 1.82) is 0 Å². The van der Waals surface area contributed by atoms with Crippen LogP contribution in [-0.2, 0) is 4.84 Å². The number of aromatic amines is 3. The molecule has 2 aromatic heterocycles. The van der Waals surface area contributed by atoms with E-state index in [0.717, 1.165) is 22.8 Å². The Morgan fingerprint density at radius 3 is 1.84 bits per heavy atom. The molecule has 0 unspecified atom stereocenters. The van der Waals surface area contributed by atoms with Crippen molar-refractivity contribution in [2.45, 2.75) is 41.5 Å². The lowest BCUT2D eigenvalue weighted by atomic mass is 10.2. The molecule has 0 atom stereocenters. The minimum atomic E-state index is -0.252. The highest BCUT2D eigenvalue weighted by molar-refractivity contribution is 8.01. The molecule has 12 heteroatoms. The number of hydroxylamine groups is 1. The van der Waals surface area contributed by atoms with E-state index in [9.17, 15) is 14.0 Å². The van der Waals surface area contributed by atoms with Crippen molar-refractivity contribution in [2.24, 2.45) is 0 Å². The zero-order valence-corrected chi connectivity index (χ0v) is 23.2. The summed E-state index contributed by atoms with van der Waals surface area (Å²) in [4.78, 5) is 26.8. The molecule has 0 fully saturated rings. The highest BCUT2D eigenvalue weighted by atomic mass is 32.2. The van der Waals surface area contributed by atoms with Gasteiger partial charge in [-0.3, -0.25) is 14.7 Å². The molecule has 5 rings (SSSR count). The summed E-state index contributed by atoms with van der Waals surface area (Å²) in [6.45, 7) is 21.6. The summed E-state index contributed by atoms with van der Waals surface area (Å²) in [5, 5.41) is 9.88. The van der Waals surface area contributed by atoms with E-state index in [4.69, 9.17) is 4.84 Å². The zero-order chi connectivity index (χ0) is 28.8. The Morgan fingerprint density at radius 1 is 0.947 bits per heavy atom. The van der Waals surface area contributed by atoms with Crippen LogP contribution in [0.25, 0.3) is 0 Å². The van der Waals surface area contributed by atoms with Crippen LogP contribution >= 0.6 is 11.9 Å². The van der Waals surface area contributed by atoms with Crippen molar-refractivity contribution in [1.82, 2.24) is 30.9 Å². The Bertz CT molecular complexity index is 1340. The Labute approximate surface area is 225 Å². The fourth-order valence-electron chi connectivity index (χ4n) is 2.41. The van der Waals surface area contributed by atoms with Gasteiger partial charge in [-0.15, -0.1) is 0 Å². The predicted octanol–water partition coefficient (Wildman–Crippen LogP) is 5.05. The maximum absolute atomic E-state index is 12.6. The zero-order valence-electron chi connectivity index (χ0n) is 22.4. The molecule has 0 bridgehead atoms. The number of halogens is 1. The number of aromatic nitrogens is 3. The molecule has 0 spiro atoms. The van der Waals surface area contributed by atoms with Gasteiger partial charge in [-0.1, -0.05) is 19.7 Å². The molecule has 3 aliphatic heterocycles. The fourth-order valence-corrected chi connectivity index (χ4v) is 2.96. The quantitative estimate of drug-likeness (QED) is 0.252. The van der Waals surface area contributed by atoms with Gasteiger partial charge < -0.3 is 24.5 Å². The Morgan fingerprint density at radius 2 is 1.63 bits per heavy atom. The van der Waals surface area contributed by atoms with Crippen molar-refractivity contribution in [2.75, 3.05) is 0 Å². The monoisotopic (exact) mass is 546 g/mol. The highest BCUT2D eigenvalue weighted by Crippen LogP contribution is 2.20. The van der Waals surface area contributed by atoms with Crippen molar-refractivity contribution in [3.05, 3.63) is 127 Å². The number of hydrogen-bond acceptors (Lipinski definition) is 8. The molecule has 0 saturated carbocycles. The van der Waals surface area contributed by atoms with E-state index in [2.05, 4.69) is 62.1 Å². The number of nitrogens with one attached hydrogen (secondary N) is 6. The van der Waals surface area contributed by atoms with Crippen LogP contribution in [0.5, 0.6) is 0 Å². The van der Waals surface area contributed by atoms with E-state index in [0.29, 0.717) is 22.6 Å². The molecular weight excluding hydrogens is 511 g/mol. The maximum atomic E-state index is 12.6. The van der Waals surface area contributed by atoms with Crippen LogP contribution in [-0.4, -0.2) is 15.4 Å². The molecule has 6 N–H and O–H groups in total. The average molecular weight is 547 g/mol. The normalized spacial score (nSPS) is 14.9. The van der Waals surface area contributed by atoms with Crippen molar-refractivity contribution >= 4 is 11.9 Å². The van der Waals surface area contributed by atoms with Gasteiger partial charge in [0.15, 0.2) is 0 Å². The molecule has 2 aromatic rings. The lowest BCUT2D eigenvalue weighted by Gasteiger charge is -2.08. The molecule has 38 heavy (non-hydrogen) atoms. The smallest absolute Gasteiger partial charge is 0.283 e. The van der Waals surface area contributed by atoms with Crippen LogP contribution in [0.2, 0.25) is 0 Å². The summed E-state index contributed by atoms with van der Waals surface area (Å²) in [5.41, 5.74) is 6.68. The Balaban J connectivity index is 0.000000238. The van der Waals surface area contributed by atoms with Gasteiger partial charge >= 0.3 is 0 Å². The van der Waals surface area contributed by atoms with E-state index in [1.807, 2.05) is 26.0 Å². The molecule has 206 valence electrons. The summed E-state index contributed by atoms with van der Waals surface area (Å²) in [6, 6.07) is 1.50. The van der Waals surface area contributed by atoms with E-state index in [-0.39, 0.29) is 16.9 Å². The number of dihydropyridines is 1. The van der Waals surface area contributed by atoms with Gasteiger partial charge in [-0.05, 0) is 71.2 Å². The van der Waals surface area contributed by atoms with Crippen LogP contribution in [0.4, 0.5) is 4.39 Å². The Hall–Kier alpha value is -4.32. The third-order valence-corrected chi connectivity index (χ3v) is 5.34. The average Bonchev–Trinajstić information content (AvgIpc) is 3.62. The number of aryl methyl sites for hydroxylation is 2. The van der Waals surface area contributed by atoms with Crippen LogP contribution in [0.3, 0.4) is 0 Å². The fraction of sp³-hybridized carbons (Fsp3) is 0.231. The van der Waals surface area contributed by atoms with Gasteiger partial charge in [0, 0.05) is 34.6 Å². The number of rotatable bonds is 0. The lowest BCUT2D eigenvalue weighted by Crippen LogP contribution is -2.08. The molecule has 0 radical (unpaired) electrons. The van der Waals surface area contributed by atoms with E-state index in [1.165, 1.54) is 11.0 Å². The second-order valence-corrected chi connectivity index (χ2v) is 9.13. The van der Waals surface area contributed by atoms with Gasteiger partial charge in [0.25, 0.3) is 11.1 Å². The van der Waals surface area contributed by atoms with Gasteiger partial charge in [-0.2, -0.15) is 5.16 Å². The second-order valence-electron chi connectivity index (χ2n) is 8.08. The number of allylic oxidation sites excluding steroid dienone is 7. The first-order valence-corrected chi connectivity index (χ1v) is 12.1. The van der Waals surface area contributed by atoms with Crippen LogP contribution in [0, 0.1) is 20.8 Å².